The van der Waals surface area contributed by atoms with E-state index in [4.69, 9.17) is 4.74 Å². The fourth-order valence-corrected chi connectivity index (χ4v) is 1.93. The quantitative estimate of drug-likeness (QED) is 0.888. The van der Waals surface area contributed by atoms with Crippen molar-refractivity contribution in [1.82, 2.24) is 20.5 Å². The minimum atomic E-state index is 0.0266. The average molecular weight is 258 g/mol. The van der Waals surface area contributed by atoms with Crippen LogP contribution in [0.2, 0.25) is 0 Å². The number of nitrogens with zero attached hydrogens (tertiary/aromatic N) is 3. The summed E-state index contributed by atoms with van der Waals surface area (Å²) in [6.07, 6.45) is 7.11. The Morgan fingerprint density at radius 2 is 1.95 bits per heavy atom. The van der Waals surface area contributed by atoms with Gasteiger partial charge in [-0.2, -0.15) is 10.2 Å². The second kappa shape index (κ2) is 6.24. The van der Waals surface area contributed by atoms with Gasteiger partial charge in [-0.3, -0.25) is 4.98 Å². The first kappa shape index (κ1) is 13.4. The summed E-state index contributed by atoms with van der Waals surface area (Å²) in [5.74, 6) is 0.773. The van der Waals surface area contributed by atoms with Gasteiger partial charge >= 0.3 is 0 Å². The molecule has 0 saturated heterocycles. The van der Waals surface area contributed by atoms with Crippen LogP contribution < -0.4 is 10.1 Å². The summed E-state index contributed by atoms with van der Waals surface area (Å²) >= 11 is 0. The second-order valence-corrected chi connectivity index (χ2v) is 4.52. The van der Waals surface area contributed by atoms with Crippen LogP contribution in [-0.4, -0.2) is 28.3 Å². The van der Waals surface area contributed by atoms with Gasteiger partial charge in [0.2, 0.25) is 0 Å². The van der Waals surface area contributed by atoms with Crippen LogP contribution in [0, 0.1) is 0 Å². The molecule has 0 spiro atoms. The Labute approximate surface area is 113 Å². The third-order valence-electron chi connectivity index (χ3n) is 2.67. The molecule has 1 unspecified atom stereocenters. The maximum absolute atomic E-state index is 5.67. The highest BCUT2D eigenvalue weighted by atomic mass is 16.5. The Morgan fingerprint density at radius 1 is 1.11 bits per heavy atom. The van der Waals surface area contributed by atoms with Crippen LogP contribution in [0.5, 0.6) is 5.75 Å². The SMILES string of the molecule is CNC(c1ccnnc1)c1cncc(OC(C)C)c1. The summed E-state index contributed by atoms with van der Waals surface area (Å²) in [7, 11) is 1.90. The molecule has 1 atom stereocenters. The summed E-state index contributed by atoms with van der Waals surface area (Å²) in [5.41, 5.74) is 2.08. The normalized spacial score (nSPS) is 12.4. The van der Waals surface area contributed by atoms with Crippen LogP contribution in [-0.2, 0) is 0 Å². The van der Waals surface area contributed by atoms with Gasteiger partial charge in [0.05, 0.1) is 24.5 Å². The number of hydrogen-bond acceptors (Lipinski definition) is 5. The van der Waals surface area contributed by atoms with Crippen molar-refractivity contribution >= 4 is 0 Å². The molecule has 0 fully saturated rings. The average Bonchev–Trinajstić information content (AvgIpc) is 2.40. The number of nitrogens with one attached hydrogen (secondary N) is 1. The molecule has 19 heavy (non-hydrogen) atoms. The van der Waals surface area contributed by atoms with Crippen molar-refractivity contribution in [2.24, 2.45) is 0 Å². The third-order valence-corrected chi connectivity index (χ3v) is 2.67. The zero-order chi connectivity index (χ0) is 13.7. The molecule has 0 aromatic carbocycles. The molecule has 0 aliphatic rings. The highest BCUT2D eigenvalue weighted by Crippen LogP contribution is 2.23. The van der Waals surface area contributed by atoms with Gasteiger partial charge < -0.3 is 10.1 Å². The van der Waals surface area contributed by atoms with Gasteiger partial charge in [-0.15, -0.1) is 0 Å². The van der Waals surface area contributed by atoms with Crippen LogP contribution in [0.4, 0.5) is 0 Å². The van der Waals surface area contributed by atoms with Crippen molar-refractivity contribution in [3.05, 3.63) is 48.0 Å². The molecule has 2 heterocycles. The van der Waals surface area contributed by atoms with Crippen molar-refractivity contribution in [2.45, 2.75) is 26.0 Å². The molecule has 2 aromatic rings. The molecule has 2 aromatic heterocycles. The molecule has 100 valence electrons. The maximum atomic E-state index is 5.67. The summed E-state index contributed by atoms with van der Waals surface area (Å²) in [5, 5.41) is 11.0. The molecule has 2 rings (SSSR count). The lowest BCUT2D eigenvalue weighted by Gasteiger charge is -2.17. The molecular weight excluding hydrogens is 240 g/mol. The van der Waals surface area contributed by atoms with E-state index < -0.39 is 0 Å². The monoisotopic (exact) mass is 258 g/mol. The zero-order valence-electron chi connectivity index (χ0n) is 11.4. The Bertz CT molecular complexity index is 516. The molecule has 5 heteroatoms. The topological polar surface area (TPSA) is 59.9 Å². The largest absolute Gasteiger partial charge is 0.489 e. The lowest BCUT2D eigenvalue weighted by molar-refractivity contribution is 0.241. The second-order valence-electron chi connectivity index (χ2n) is 4.52. The molecule has 0 radical (unpaired) electrons. The number of hydrogen-bond donors (Lipinski definition) is 1. The Morgan fingerprint density at radius 3 is 2.58 bits per heavy atom. The van der Waals surface area contributed by atoms with Crippen LogP contribution in [0.3, 0.4) is 0 Å². The lowest BCUT2D eigenvalue weighted by atomic mass is 10.0. The van der Waals surface area contributed by atoms with E-state index in [1.165, 1.54) is 0 Å². The zero-order valence-corrected chi connectivity index (χ0v) is 11.4. The highest BCUT2D eigenvalue weighted by Gasteiger charge is 2.13. The molecule has 0 aliphatic carbocycles. The maximum Gasteiger partial charge on any atom is 0.138 e. The van der Waals surface area contributed by atoms with Crippen molar-refractivity contribution in [3.8, 4) is 5.75 Å². The van der Waals surface area contributed by atoms with Crippen molar-refractivity contribution < 1.29 is 4.74 Å². The molecule has 0 amide bonds. The Kier molecular flexibility index (Phi) is 4.41. The minimum absolute atomic E-state index is 0.0266. The predicted octanol–water partition coefficient (Wildman–Crippen LogP) is 1.97. The molecule has 0 saturated carbocycles. The van der Waals surface area contributed by atoms with Crippen molar-refractivity contribution in [2.75, 3.05) is 7.05 Å². The summed E-state index contributed by atoms with van der Waals surface area (Å²) in [6, 6.07) is 3.96. The Hall–Kier alpha value is -2.01. The predicted molar refractivity (Wildman–Crippen MR) is 72.9 cm³/mol. The van der Waals surface area contributed by atoms with Gasteiger partial charge in [-0.05, 0) is 44.2 Å². The van der Waals surface area contributed by atoms with Crippen molar-refractivity contribution in [3.63, 3.8) is 0 Å². The van der Waals surface area contributed by atoms with Gasteiger partial charge in [0.15, 0.2) is 0 Å². The van der Waals surface area contributed by atoms with E-state index in [0.29, 0.717) is 0 Å². The number of ether oxygens (including phenoxy) is 1. The first-order valence-corrected chi connectivity index (χ1v) is 6.26. The summed E-state index contributed by atoms with van der Waals surface area (Å²) in [6.45, 7) is 3.99. The van der Waals surface area contributed by atoms with Gasteiger partial charge in [0.25, 0.3) is 0 Å². The lowest BCUT2D eigenvalue weighted by Crippen LogP contribution is -2.18. The van der Waals surface area contributed by atoms with E-state index in [2.05, 4.69) is 20.5 Å². The third kappa shape index (κ3) is 3.48. The highest BCUT2D eigenvalue weighted by molar-refractivity contribution is 5.32. The van der Waals surface area contributed by atoms with Gasteiger partial charge in [-0.1, -0.05) is 0 Å². The fourth-order valence-electron chi connectivity index (χ4n) is 1.93. The summed E-state index contributed by atoms with van der Waals surface area (Å²) in [4.78, 5) is 4.23. The molecule has 0 bridgehead atoms. The number of rotatable bonds is 5. The standard InChI is InChI=1S/C14H18N4O/c1-10(2)19-13-6-12(7-16-9-13)14(15-3)11-4-5-17-18-8-11/h4-10,14-15H,1-3H3. The van der Waals surface area contributed by atoms with Crippen LogP contribution in [0.1, 0.15) is 31.0 Å². The molecule has 5 nitrogen and oxygen atoms in total. The van der Waals surface area contributed by atoms with Gasteiger partial charge in [-0.25, -0.2) is 0 Å². The van der Waals surface area contributed by atoms with Crippen LogP contribution >= 0.6 is 0 Å². The van der Waals surface area contributed by atoms with Crippen LogP contribution in [0.25, 0.3) is 0 Å². The Balaban J connectivity index is 2.28. The fraction of sp³-hybridized carbons (Fsp3) is 0.357. The van der Waals surface area contributed by atoms with E-state index in [1.807, 2.05) is 39.2 Å². The first-order valence-electron chi connectivity index (χ1n) is 6.26. The molecule has 1 N–H and O–H groups in total. The van der Waals surface area contributed by atoms with E-state index in [1.54, 1.807) is 18.6 Å². The number of pyridine rings is 1. The van der Waals surface area contributed by atoms with E-state index >= 15 is 0 Å². The van der Waals surface area contributed by atoms with Gasteiger partial charge in [0, 0.05) is 12.4 Å². The smallest absolute Gasteiger partial charge is 0.138 e. The van der Waals surface area contributed by atoms with E-state index in [0.717, 1.165) is 16.9 Å². The molecular formula is C14H18N4O. The summed E-state index contributed by atoms with van der Waals surface area (Å²) < 4.78 is 5.67. The van der Waals surface area contributed by atoms with Gasteiger partial charge in [0.1, 0.15) is 5.75 Å². The number of aromatic nitrogens is 3. The first-order chi connectivity index (χ1) is 9.20. The minimum Gasteiger partial charge on any atom is -0.489 e. The molecule has 0 aliphatic heterocycles. The van der Waals surface area contributed by atoms with E-state index in [9.17, 15) is 0 Å². The van der Waals surface area contributed by atoms with Crippen LogP contribution in [0.15, 0.2) is 36.9 Å². The van der Waals surface area contributed by atoms with E-state index in [-0.39, 0.29) is 12.1 Å². The van der Waals surface area contributed by atoms with Crippen molar-refractivity contribution in [1.29, 1.82) is 0 Å².